The summed E-state index contributed by atoms with van der Waals surface area (Å²) in [5.41, 5.74) is -0.460. The van der Waals surface area contributed by atoms with Crippen molar-refractivity contribution in [3.8, 4) is 0 Å². The van der Waals surface area contributed by atoms with Gasteiger partial charge in [-0.15, -0.1) is 24.0 Å². The zero-order valence-electron chi connectivity index (χ0n) is 15.4. The molecular formula is C15H33IN4O2S. The third-order valence-electron chi connectivity index (χ3n) is 2.77. The van der Waals surface area contributed by atoms with Crippen molar-refractivity contribution in [3.63, 3.8) is 0 Å². The topological polar surface area (TPSA) is 74.8 Å². The number of carbonyl (C=O) groups excluding carboxylic acids is 1. The molecule has 0 aliphatic rings. The first kappa shape index (κ1) is 24.9. The molecule has 1 amide bonds. The minimum Gasteiger partial charge on any atom is -0.444 e. The number of rotatable bonds is 7. The lowest BCUT2D eigenvalue weighted by molar-refractivity contribution is 0.0527. The predicted molar refractivity (Wildman–Crippen MR) is 111 cm³/mol. The fourth-order valence-corrected chi connectivity index (χ4v) is 1.61. The Morgan fingerprint density at radius 2 is 1.65 bits per heavy atom. The molecule has 0 atom stereocenters. The molecule has 0 fully saturated rings. The van der Waals surface area contributed by atoms with Crippen molar-refractivity contribution in [1.82, 2.24) is 16.0 Å². The molecule has 0 aromatic carbocycles. The van der Waals surface area contributed by atoms with Crippen LogP contribution in [0, 0.1) is 0 Å². The summed E-state index contributed by atoms with van der Waals surface area (Å²) in [6, 6.07) is 0. The quantitative estimate of drug-likeness (QED) is 0.236. The van der Waals surface area contributed by atoms with Crippen LogP contribution < -0.4 is 16.0 Å². The van der Waals surface area contributed by atoms with Gasteiger partial charge in [0.25, 0.3) is 0 Å². The maximum absolute atomic E-state index is 11.5. The molecule has 0 aromatic heterocycles. The van der Waals surface area contributed by atoms with Crippen LogP contribution in [-0.4, -0.2) is 55.3 Å². The van der Waals surface area contributed by atoms with E-state index in [4.69, 9.17) is 4.74 Å². The second-order valence-corrected chi connectivity index (χ2v) is 8.11. The second kappa shape index (κ2) is 12.0. The number of thioether (sulfide) groups is 1. The lowest BCUT2D eigenvalue weighted by atomic mass is 10.2. The summed E-state index contributed by atoms with van der Waals surface area (Å²) in [6.07, 6.45) is 2.52. The van der Waals surface area contributed by atoms with Gasteiger partial charge in [-0.3, -0.25) is 4.99 Å². The number of carbonyl (C=O) groups is 1. The van der Waals surface area contributed by atoms with E-state index in [0.29, 0.717) is 6.54 Å². The first-order valence-electron chi connectivity index (χ1n) is 7.56. The van der Waals surface area contributed by atoms with E-state index in [9.17, 15) is 4.79 Å². The summed E-state index contributed by atoms with van der Waals surface area (Å²) < 4.78 is 5.33. The van der Waals surface area contributed by atoms with Crippen molar-refractivity contribution < 1.29 is 9.53 Å². The minimum atomic E-state index is -0.460. The van der Waals surface area contributed by atoms with E-state index in [1.165, 1.54) is 0 Å². The van der Waals surface area contributed by atoms with Crippen LogP contribution in [0.1, 0.15) is 41.0 Å². The molecule has 3 N–H and O–H groups in total. The largest absolute Gasteiger partial charge is 0.444 e. The van der Waals surface area contributed by atoms with E-state index < -0.39 is 5.60 Å². The van der Waals surface area contributed by atoms with E-state index in [2.05, 4.69) is 41.0 Å². The molecule has 0 aliphatic heterocycles. The molecule has 0 aromatic rings. The Morgan fingerprint density at radius 1 is 1.09 bits per heavy atom. The molecule has 0 heterocycles. The number of hydrogen-bond acceptors (Lipinski definition) is 4. The summed E-state index contributed by atoms with van der Waals surface area (Å²) in [5.74, 6) is 0.777. The van der Waals surface area contributed by atoms with Gasteiger partial charge >= 0.3 is 6.09 Å². The highest BCUT2D eigenvalue weighted by Crippen LogP contribution is 2.19. The van der Waals surface area contributed by atoms with Gasteiger partial charge in [-0.2, -0.15) is 11.8 Å². The van der Waals surface area contributed by atoms with Crippen LogP contribution in [0.5, 0.6) is 0 Å². The molecule has 0 spiro atoms. The van der Waals surface area contributed by atoms with E-state index in [-0.39, 0.29) is 34.8 Å². The summed E-state index contributed by atoms with van der Waals surface area (Å²) in [4.78, 5) is 15.6. The lowest BCUT2D eigenvalue weighted by Crippen LogP contribution is -2.44. The molecule has 0 rings (SSSR count). The van der Waals surface area contributed by atoms with Crippen LogP contribution >= 0.6 is 35.7 Å². The van der Waals surface area contributed by atoms with E-state index in [1.54, 1.807) is 7.05 Å². The van der Waals surface area contributed by atoms with E-state index in [1.807, 2.05) is 32.5 Å². The van der Waals surface area contributed by atoms with Gasteiger partial charge in [-0.05, 0) is 47.3 Å². The van der Waals surface area contributed by atoms with Gasteiger partial charge < -0.3 is 20.7 Å². The van der Waals surface area contributed by atoms with Gasteiger partial charge in [0, 0.05) is 31.4 Å². The third kappa shape index (κ3) is 14.9. The fraction of sp³-hybridized carbons (Fsp3) is 0.867. The Kier molecular flexibility index (Phi) is 13.0. The average molecular weight is 460 g/mol. The normalized spacial score (nSPS) is 12.2. The number of aliphatic imine (C=N–C) groups is 1. The molecule has 0 bridgehead atoms. The first-order chi connectivity index (χ1) is 10.1. The molecular weight excluding hydrogens is 427 g/mol. The van der Waals surface area contributed by atoms with Gasteiger partial charge in [-0.1, -0.05) is 0 Å². The monoisotopic (exact) mass is 460 g/mol. The molecule has 0 saturated carbocycles. The summed E-state index contributed by atoms with van der Waals surface area (Å²) in [5, 5.41) is 9.25. The Labute approximate surface area is 162 Å². The summed E-state index contributed by atoms with van der Waals surface area (Å²) in [6.45, 7) is 12.0. The van der Waals surface area contributed by atoms with E-state index >= 15 is 0 Å². The second-order valence-electron chi connectivity index (χ2n) is 6.60. The van der Waals surface area contributed by atoms with Gasteiger partial charge in [-0.25, -0.2) is 4.79 Å². The van der Waals surface area contributed by atoms with Crippen LogP contribution in [0.15, 0.2) is 4.99 Å². The number of alkyl carbamates (subject to hydrolysis) is 1. The molecule has 6 nitrogen and oxygen atoms in total. The summed E-state index contributed by atoms with van der Waals surface area (Å²) >= 11 is 1.81. The number of nitrogens with one attached hydrogen (secondary N) is 3. The minimum absolute atomic E-state index is 0. The average Bonchev–Trinajstić information content (AvgIpc) is 2.39. The molecule has 8 heteroatoms. The molecule has 0 saturated heterocycles. The number of ether oxygens (including phenoxy) is 1. The Morgan fingerprint density at radius 3 is 2.13 bits per heavy atom. The van der Waals surface area contributed by atoms with Crippen LogP contribution in [0.3, 0.4) is 0 Å². The third-order valence-corrected chi connectivity index (χ3v) is 4.02. The Balaban J connectivity index is 0. The highest BCUT2D eigenvalue weighted by Gasteiger charge is 2.16. The van der Waals surface area contributed by atoms with Crippen molar-refractivity contribution in [2.45, 2.75) is 51.4 Å². The number of nitrogens with zero attached hydrogens (tertiary/aromatic N) is 1. The zero-order valence-corrected chi connectivity index (χ0v) is 18.6. The zero-order chi connectivity index (χ0) is 17.2. The van der Waals surface area contributed by atoms with Gasteiger partial charge in [0.05, 0.1) is 0 Å². The Bertz CT molecular complexity index is 371. The first-order valence-corrected chi connectivity index (χ1v) is 8.78. The SMILES string of the molecule is CN=C(NCCCNC(=O)OC(C)(C)C)NCC(C)(C)SC.I. The van der Waals surface area contributed by atoms with Gasteiger partial charge in [0.2, 0.25) is 0 Å². The number of hydrogen-bond donors (Lipinski definition) is 3. The summed E-state index contributed by atoms with van der Waals surface area (Å²) in [7, 11) is 1.75. The molecule has 23 heavy (non-hydrogen) atoms. The van der Waals surface area contributed by atoms with Crippen molar-refractivity contribution in [3.05, 3.63) is 0 Å². The Hall–Kier alpha value is -0.380. The molecule has 0 unspecified atom stereocenters. The van der Waals surface area contributed by atoms with E-state index in [0.717, 1.165) is 25.5 Å². The molecule has 138 valence electrons. The number of guanidine groups is 1. The van der Waals surface area contributed by atoms with Gasteiger partial charge in [0.15, 0.2) is 5.96 Å². The maximum Gasteiger partial charge on any atom is 0.407 e. The van der Waals surface area contributed by atoms with Crippen molar-refractivity contribution in [1.29, 1.82) is 0 Å². The van der Waals surface area contributed by atoms with Crippen LogP contribution in [0.2, 0.25) is 0 Å². The van der Waals surface area contributed by atoms with Crippen LogP contribution in [-0.2, 0) is 4.74 Å². The fourth-order valence-electron chi connectivity index (χ4n) is 1.39. The number of amides is 1. The van der Waals surface area contributed by atoms with Crippen LogP contribution in [0.4, 0.5) is 4.79 Å². The molecule has 0 radical (unpaired) electrons. The molecule has 0 aliphatic carbocycles. The predicted octanol–water partition coefficient (Wildman–Crippen LogP) is 2.83. The van der Waals surface area contributed by atoms with Gasteiger partial charge in [0.1, 0.15) is 5.60 Å². The smallest absolute Gasteiger partial charge is 0.407 e. The lowest BCUT2D eigenvalue weighted by Gasteiger charge is -2.23. The standard InChI is InChI=1S/C15H32N4O2S.HI/c1-14(2,3)21-13(20)18-10-8-9-17-12(16-6)19-11-15(4,5)22-7;/h8-11H2,1-7H3,(H,18,20)(H2,16,17,19);1H. The number of halogens is 1. The van der Waals surface area contributed by atoms with Crippen molar-refractivity contribution >= 4 is 47.8 Å². The highest BCUT2D eigenvalue weighted by atomic mass is 127. The highest BCUT2D eigenvalue weighted by molar-refractivity contribution is 14.0. The maximum atomic E-state index is 11.5. The van der Waals surface area contributed by atoms with Crippen molar-refractivity contribution in [2.24, 2.45) is 4.99 Å². The van der Waals surface area contributed by atoms with Crippen LogP contribution in [0.25, 0.3) is 0 Å². The van der Waals surface area contributed by atoms with Crippen molar-refractivity contribution in [2.75, 3.05) is 32.9 Å².